The first-order valence-corrected chi connectivity index (χ1v) is 3.17. The molecule has 11 heavy (non-hydrogen) atoms. The molecule has 0 heterocycles. The smallest absolute Gasteiger partial charge is 0.333 e. The fraction of sp³-hybridized carbons (Fsp3) is 0.600. The van der Waals surface area contributed by atoms with Gasteiger partial charge in [0.2, 0.25) is 0 Å². The van der Waals surface area contributed by atoms with E-state index in [1.165, 1.54) is 7.05 Å². The van der Waals surface area contributed by atoms with Gasteiger partial charge in [-0.15, -0.1) is 0 Å². The van der Waals surface area contributed by atoms with Crippen molar-refractivity contribution in [1.82, 2.24) is 15.8 Å². The summed E-state index contributed by atoms with van der Waals surface area (Å²) in [6.45, 7) is 2.03. The van der Waals surface area contributed by atoms with E-state index >= 15 is 0 Å². The van der Waals surface area contributed by atoms with Gasteiger partial charge in [-0.1, -0.05) is 0 Å². The third-order valence-corrected chi connectivity index (χ3v) is 1.05. The second-order valence-electron chi connectivity index (χ2n) is 1.77. The molecule has 0 bridgehead atoms. The van der Waals surface area contributed by atoms with Gasteiger partial charge in [-0.3, -0.25) is 0 Å². The van der Waals surface area contributed by atoms with E-state index in [2.05, 4.69) is 10.7 Å². The van der Waals surface area contributed by atoms with Crippen molar-refractivity contribution in [3.05, 3.63) is 0 Å². The summed E-state index contributed by atoms with van der Waals surface area (Å²) in [5.74, 6) is 0. The maximum absolute atomic E-state index is 10.6. The molecular formula is C5H12N4O2. The van der Waals surface area contributed by atoms with Crippen molar-refractivity contribution in [3.8, 4) is 0 Å². The molecular weight excluding hydrogens is 148 g/mol. The number of carbonyl (C=O) groups excluding carboxylic acids is 2. The van der Waals surface area contributed by atoms with Gasteiger partial charge in [0, 0.05) is 13.6 Å². The lowest BCUT2D eigenvalue weighted by molar-refractivity contribution is 0.178. The normalized spacial score (nSPS) is 8.55. The molecule has 0 fully saturated rings. The summed E-state index contributed by atoms with van der Waals surface area (Å²) in [6.07, 6.45) is 0. The summed E-state index contributed by atoms with van der Waals surface area (Å²) in [6, 6.07) is -1.15. The first-order chi connectivity index (χ1) is 5.11. The second kappa shape index (κ2) is 4.37. The van der Waals surface area contributed by atoms with E-state index in [0.717, 1.165) is 5.01 Å². The van der Waals surface area contributed by atoms with Gasteiger partial charge in [-0.05, 0) is 6.92 Å². The Morgan fingerprint density at radius 1 is 1.55 bits per heavy atom. The number of nitrogens with zero attached hydrogens (tertiary/aromatic N) is 1. The van der Waals surface area contributed by atoms with E-state index in [0.29, 0.717) is 6.54 Å². The number of hydrogen-bond acceptors (Lipinski definition) is 2. The molecule has 4 N–H and O–H groups in total. The average molecular weight is 160 g/mol. The van der Waals surface area contributed by atoms with E-state index in [-0.39, 0.29) is 0 Å². The van der Waals surface area contributed by atoms with Crippen LogP contribution in [0.25, 0.3) is 0 Å². The van der Waals surface area contributed by atoms with Gasteiger partial charge in [0.25, 0.3) is 0 Å². The summed E-state index contributed by atoms with van der Waals surface area (Å²) in [5, 5.41) is 3.28. The van der Waals surface area contributed by atoms with Crippen LogP contribution in [0.2, 0.25) is 0 Å². The number of hydrogen-bond donors (Lipinski definition) is 3. The highest BCUT2D eigenvalue weighted by Crippen LogP contribution is 1.79. The highest BCUT2D eigenvalue weighted by molar-refractivity contribution is 5.78. The largest absolute Gasteiger partial charge is 0.350 e. The van der Waals surface area contributed by atoms with Crippen LogP contribution in [0.1, 0.15) is 6.92 Å². The Balaban J connectivity index is 3.88. The van der Waals surface area contributed by atoms with Gasteiger partial charge in [0.15, 0.2) is 0 Å². The Bertz CT molecular complexity index is 159. The van der Waals surface area contributed by atoms with Crippen LogP contribution in [0, 0.1) is 0 Å². The number of primary amides is 1. The van der Waals surface area contributed by atoms with Crippen LogP contribution >= 0.6 is 0 Å². The Morgan fingerprint density at radius 2 is 2.09 bits per heavy atom. The molecule has 0 atom stereocenters. The van der Waals surface area contributed by atoms with Crippen LogP contribution < -0.4 is 16.5 Å². The fourth-order valence-electron chi connectivity index (χ4n) is 0.468. The second-order valence-corrected chi connectivity index (χ2v) is 1.77. The minimum Gasteiger partial charge on any atom is -0.350 e. The molecule has 64 valence electrons. The van der Waals surface area contributed by atoms with Crippen LogP contribution in [-0.2, 0) is 0 Å². The van der Waals surface area contributed by atoms with Crippen LogP contribution in [0.4, 0.5) is 9.59 Å². The number of amides is 4. The first kappa shape index (κ1) is 9.54. The van der Waals surface area contributed by atoms with Crippen molar-refractivity contribution in [2.75, 3.05) is 13.6 Å². The summed E-state index contributed by atoms with van der Waals surface area (Å²) in [5.41, 5.74) is 7.12. The minimum absolute atomic E-state index is 0.336. The molecule has 6 nitrogen and oxygen atoms in total. The topological polar surface area (TPSA) is 87.5 Å². The molecule has 4 amide bonds. The quantitative estimate of drug-likeness (QED) is 0.440. The Morgan fingerprint density at radius 3 is 2.36 bits per heavy atom. The van der Waals surface area contributed by atoms with Crippen molar-refractivity contribution < 1.29 is 9.59 Å². The number of nitrogens with two attached hydrogens (primary N) is 1. The first-order valence-electron chi connectivity index (χ1n) is 3.17. The molecule has 0 aliphatic rings. The average Bonchev–Trinajstić information content (AvgIpc) is 1.99. The lowest BCUT2D eigenvalue weighted by Crippen LogP contribution is -2.51. The van der Waals surface area contributed by atoms with Crippen molar-refractivity contribution in [1.29, 1.82) is 0 Å². The predicted molar refractivity (Wildman–Crippen MR) is 39.6 cm³/mol. The summed E-state index contributed by atoms with van der Waals surface area (Å²) >= 11 is 0. The molecule has 0 aromatic rings. The fourth-order valence-corrected chi connectivity index (χ4v) is 0.468. The van der Waals surface area contributed by atoms with Gasteiger partial charge in [0.1, 0.15) is 0 Å². The summed E-state index contributed by atoms with van der Waals surface area (Å²) in [4.78, 5) is 21.1. The van der Waals surface area contributed by atoms with Crippen LogP contribution in [0.5, 0.6) is 0 Å². The van der Waals surface area contributed by atoms with Crippen molar-refractivity contribution in [2.45, 2.75) is 6.92 Å². The van der Waals surface area contributed by atoms with E-state index in [9.17, 15) is 9.59 Å². The van der Waals surface area contributed by atoms with E-state index < -0.39 is 12.1 Å². The van der Waals surface area contributed by atoms with Gasteiger partial charge in [-0.25, -0.2) is 20.0 Å². The molecule has 6 heteroatoms. The number of rotatable bonds is 1. The van der Waals surface area contributed by atoms with Crippen molar-refractivity contribution >= 4 is 12.1 Å². The molecule has 0 radical (unpaired) electrons. The van der Waals surface area contributed by atoms with Crippen molar-refractivity contribution in [2.24, 2.45) is 5.73 Å². The van der Waals surface area contributed by atoms with E-state index in [1.54, 1.807) is 6.92 Å². The molecule has 0 saturated heterocycles. The van der Waals surface area contributed by atoms with Gasteiger partial charge < -0.3 is 11.1 Å². The zero-order valence-electron chi connectivity index (χ0n) is 6.55. The maximum atomic E-state index is 10.6. The number of carbonyl (C=O) groups is 2. The SMILES string of the molecule is CCN(NC(=O)NC)C(N)=O. The van der Waals surface area contributed by atoms with Gasteiger partial charge in [-0.2, -0.15) is 0 Å². The lowest BCUT2D eigenvalue weighted by Gasteiger charge is -2.18. The van der Waals surface area contributed by atoms with Gasteiger partial charge in [0.05, 0.1) is 0 Å². The third kappa shape index (κ3) is 3.29. The van der Waals surface area contributed by atoms with Gasteiger partial charge >= 0.3 is 12.1 Å². The number of urea groups is 2. The molecule has 0 aromatic carbocycles. The number of nitrogens with one attached hydrogen (secondary N) is 2. The summed E-state index contributed by atoms with van der Waals surface area (Å²) in [7, 11) is 1.45. The minimum atomic E-state index is -0.684. The highest BCUT2D eigenvalue weighted by Gasteiger charge is 2.08. The lowest BCUT2D eigenvalue weighted by atomic mass is 10.7. The Labute approximate surface area is 64.7 Å². The third-order valence-electron chi connectivity index (χ3n) is 1.05. The van der Waals surface area contributed by atoms with Crippen LogP contribution in [-0.4, -0.2) is 30.7 Å². The standard InChI is InChI=1S/C5H12N4O2/c1-3-9(4(6)10)8-5(11)7-2/h3H2,1-2H3,(H2,6,10)(H2,7,8,11). The Kier molecular flexibility index (Phi) is 3.79. The molecule has 0 unspecified atom stereocenters. The molecule has 0 aliphatic carbocycles. The molecule has 0 aromatic heterocycles. The molecule has 0 spiro atoms. The zero-order chi connectivity index (χ0) is 8.85. The molecule has 0 aliphatic heterocycles. The Hall–Kier alpha value is -1.46. The van der Waals surface area contributed by atoms with Crippen LogP contribution in [0.3, 0.4) is 0 Å². The monoisotopic (exact) mass is 160 g/mol. The zero-order valence-corrected chi connectivity index (χ0v) is 6.55. The highest BCUT2D eigenvalue weighted by atomic mass is 16.2. The van der Waals surface area contributed by atoms with E-state index in [4.69, 9.17) is 5.73 Å². The predicted octanol–water partition coefficient (Wildman–Crippen LogP) is -0.769. The maximum Gasteiger partial charge on any atom is 0.333 e. The molecule has 0 saturated carbocycles. The van der Waals surface area contributed by atoms with E-state index in [1.807, 2.05) is 0 Å². The number of hydrazine groups is 1. The summed E-state index contributed by atoms with van der Waals surface area (Å²) < 4.78 is 0. The molecule has 0 rings (SSSR count). The van der Waals surface area contributed by atoms with Crippen LogP contribution in [0.15, 0.2) is 0 Å². The van der Waals surface area contributed by atoms with Crippen molar-refractivity contribution in [3.63, 3.8) is 0 Å².